The number of anilines is 1. The summed E-state index contributed by atoms with van der Waals surface area (Å²) in [5.41, 5.74) is 5.43. The largest absolute Gasteiger partial charge is 0.325 e. The molecule has 4 aromatic rings. The van der Waals surface area contributed by atoms with Gasteiger partial charge in [-0.1, -0.05) is 48.0 Å². The van der Waals surface area contributed by atoms with Gasteiger partial charge in [0, 0.05) is 35.3 Å². The predicted molar refractivity (Wildman–Crippen MR) is 133 cm³/mol. The van der Waals surface area contributed by atoms with Crippen molar-refractivity contribution in [2.75, 3.05) is 5.32 Å². The number of pyridine rings is 2. The summed E-state index contributed by atoms with van der Waals surface area (Å²) in [4.78, 5) is 21.9. The third-order valence-corrected chi connectivity index (χ3v) is 5.47. The Morgan fingerprint density at radius 3 is 2.48 bits per heavy atom. The van der Waals surface area contributed by atoms with Gasteiger partial charge in [0.25, 0.3) is 0 Å². The summed E-state index contributed by atoms with van der Waals surface area (Å²) in [7, 11) is 0. The maximum absolute atomic E-state index is 13.3. The minimum Gasteiger partial charge on any atom is -0.325 e. The molecule has 6 heteroatoms. The summed E-state index contributed by atoms with van der Waals surface area (Å²) >= 11 is 6.38. The van der Waals surface area contributed by atoms with Crippen LogP contribution in [0.25, 0.3) is 11.1 Å². The Morgan fingerprint density at radius 2 is 1.73 bits per heavy atom. The number of hydrogen-bond donors (Lipinski definition) is 2. The first-order valence-electron chi connectivity index (χ1n) is 10.8. The maximum atomic E-state index is 13.3. The predicted octanol–water partition coefficient (Wildman–Crippen LogP) is 5.45. The van der Waals surface area contributed by atoms with E-state index in [1.54, 1.807) is 18.5 Å². The Labute approximate surface area is 198 Å². The third kappa shape index (κ3) is 6.48. The molecular formula is C27H25ClN4O. The molecule has 0 aliphatic heterocycles. The molecule has 0 bridgehead atoms. The molecule has 2 aromatic heterocycles. The van der Waals surface area contributed by atoms with Crippen molar-refractivity contribution in [2.24, 2.45) is 0 Å². The number of aromatic nitrogens is 2. The lowest BCUT2D eigenvalue weighted by Gasteiger charge is -2.19. The lowest BCUT2D eigenvalue weighted by atomic mass is 10.0. The van der Waals surface area contributed by atoms with Crippen molar-refractivity contribution in [1.82, 2.24) is 15.3 Å². The van der Waals surface area contributed by atoms with Gasteiger partial charge in [-0.25, -0.2) is 0 Å². The molecule has 0 spiro atoms. The molecular weight excluding hydrogens is 432 g/mol. The highest BCUT2D eigenvalue weighted by molar-refractivity contribution is 6.31. The van der Waals surface area contributed by atoms with Crippen molar-refractivity contribution in [1.29, 1.82) is 0 Å². The van der Waals surface area contributed by atoms with Crippen LogP contribution in [-0.4, -0.2) is 21.9 Å². The minimum atomic E-state index is -0.444. The first-order chi connectivity index (χ1) is 16.1. The fourth-order valence-corrected chi connectivity index (χ4v) is 3.86. The average Bonchev–Trinajstić information content (AvgIpc) is 2.82. The van der Waals surface area contributed by atoms with E-state index in [1.165, 1.54) is 0 Å². The topological polar surface area (TPSA) is 66.9 Å². The molecule has 0 aliphatic carbocycles. The van der Waals surface area contributed by atoms with Gasteiger partial charge >= 0.3 is 0 Å². The average molecular weight is 457 g/mol. The molecule has 0 saturated carbocycles. The summed E-state index contributed by atoms with van der Waals surface area (Å²) in [6.45, 7) is 2.43. The molecule has 166 valence electrons. The van der Waals surface area contributed by atoms with E-state index in [0.29, 0.717) is 23.7 Å². The van der Waals surface area contributed by atoms with Crippen molar-refractivity contribution in [2.45, 2.75) is 25.9 Å². The molecule has 33 heavy (non-hydrogen) atoms. The summed E-state index contributed by atoms with van der Waals surface area (Å²) in [6, 6.07) is 24.7. The third-order valence-electron chi connectivity index (χ3n) is 5.25. The van der Waals surface area contributed by atoms with E-state index in [9.17, 15) is 4.79 Å². The standard InChI is InChI=1S/C27H25ClN4O/c1-19-13-21(10-12-29-19)22-15-23(28)17-25(16-22)32-27(33)26(14-20-7-3-2-4-8-20)31-18-24-9-5-6-11-30-24/h2-13,15-17,26,31H,14,18H2,1H3,(H,32,33). The smallest absolute Gasteiger partial charge is 0.241 e. The molecule has 0 aliphatic rings. The van der Waals surface area contributed by atoms with Crippen molar-refractivity contribution >= 4 is 23.2 Å². The fourth-order valence-electron chi connectivity index (χ4n) is 3.62. The second kappa shape index (κ2) is 10.9. The lowest BCUT2D eigenvalue weighted by Crippen LogP contribution is -2.42. The van der Waals surface area contributed by atoms with Crippen LogP contribution in [0.4, 0.5) is 5.69 Å². The van der Waals surface area contributed by atoms with Crippen LogP contribution >= 0.6 is 11.6 Å². The molecule has 5 nitrogen and oxygen atoms in total. The number of amides is 1. The van der Waals surface area contributed by atoms with Crippen LogP contribution in [0.2, 0.25) is 5.02 Å². The molecule has 2 aromatic carbocycles. The summed E-state index contributed by atoms with van der Waals surface area (Å²) < 4.78 is 0. The zero-order valence-corrected chi connectivity index (χ0v) is 19.1. The van der Waals surface area contributed by atoms with Gasteiger partial charge in [0.1, 0.15) is 0 Å². The van der Waals surface area contributed by atoms with Gasteiger partial charge in [-0.3, -0.25) is 20.1 Å². The minimum absolute atomic E-state index is 0.131. The van der Waals surface area contributed by atoms with Crippen molar-refractivity contribution in [3.05, 3.63) is 113 Å². The molecule has 1 unspecified atom stereocenters. The van der Waals surface area contributed by atoms with Crippen LogP contribution < -0.4 is 10.6 Å². The second-order valence-electron chi connectivity index (χ2n) is 7.85. The van der Waals surface area contributed by atoms with E-state index in [-0.39, 0.29) is 5.91 Å². The number of nitrogens with one attached hydrogen (secondary N) is 2. The zero-order chi connectivity index (χ0) is 23.0. The molecule has 0 radical (unpaired) electrons. The molecule has 1 atom stereocenters. The maximum Gasteiger partial charge on any atom is 0.241 e. The molecule has 4 rings (SSSR count). The second-order valence-corrected chi connectivity index (χ2v) is 8.28. The van der Waals surface area contributed by atoms with Gasteiger partial charge in [-0.15, -0.1) is 0 Å². The monoisotopic (exact) mass is 456 g/mol. The number of carbonyl (C=O) groups is 1. The number of benzene rings is 2. The highest BCUT2D eigenvalue weighted by Gasteiger charge is 2.19. The summed E-state index contributed by atoms with van der Waals surface area (Å²) in [5, 5.41) is 6.95. The zero-order valence-electron chi connectivity index (χ0n) is 18.3. The number of carbonyl (C=O) groups excluding carboxylic acids is 1. The molecule has 2 N–H and O–H groups in total. The van der Waals surface area contributed by atoms with Gasteiger partial charge in [-0.2, -0.15) is 0 Å². The van der Waals surface area contributed by atoms with E-state index >= 15 is 0 Å². The van der Waals surface area contributed by atoms with Crippen LogP contribution in [0.15, 0.2) is 91.3 Å². The van der Waals surface area contributed by atoms with E-state index in [4.69, 9.17) is 11.6 Å². The van der Waals surface area contributed by atoms with E-state index in [0.717, 1.165) is 28.1 Å². The molecule has 0 saturated heterocycles. The van der Waals surface area contributed by atoms with Gasteiger partial charge in [-0.05, 0) is 72.5 Å². The quantitative estimate of drug-likeness (QED) is 0.370. The van der Waals surface area contributed by atoms with E-state index in [1.807, 2.05) is 79.7 Å². The van der Waals surface area contributed by atoms with Crippen molar-refractivity contribution in [3.63, 3.8) is 0 Å². The Kier molecular flexibility index (Phi) is 7.45. The number of aryl methyl sites for hydroxylation is 1. The van der Waals surface area contributed by atoms with Crippen LogP contribution in [0.3, 0.4) is 0 Å². The Morgan fingerprint density at radius 1 is 0.909 bits per heavy atom. The number of halogens is 1. The highest BCUT2D eigenvalue weighted by atomic mass is 35.5. The fraction of sp³-hybridized carbons (Fsp3) is 0.148. The first-order valence-corrected chi connectivity index (χ1v) is 11.2. The number of hydrogen-bond acceptors (Lipinski definition) is 4. The van der Waals surface area contributed by atoms with Gasteiger partial charge in [0.15, 0.2) is 0 Å². The van der Waals surface area contributed by atoms with Crippen LogP contribution in [0.5, 0.6) is 0 Å². The van der Waals surface area contributed by atoms with Crippen LogP contribution in [-0.2, 0) is 17.8 Å². The van der Waals surface area contributed by atoms with Crippen molar-refractivity contribution in [3.8, 4) is 11.1 Å². The SMILES string of the molecule is Cc1cc(-c2cc(Cl)cc(NC(=O)C(Cc3ccccc3)NCc3ccccn3)c2)ccn1. The Balaban J connectivity index is 1.54. The van der Waals surface area contributed by atoms with Gasteiger partial charge in [0.2, 0.25) is 5.91 Å². The van der Waals surface area contributed by atoms with E-state index in [2.05, 4.69) is 20.6 Å². The van der Waals surface area contributed by atoms with E-state index < -0.39 is 6.04 Å². The Hall–Kier alpha value is -3.54. The van der Waals surface area contributed by atoms with Gasteiger partial charge in [0.05, 0.1) is 11.7 Å². The van der Waals surface area contributed by atoms with Crippen LogP contribution in [0.1, 0.15) is 17.0 Å². The molecule has 0 fully saturated rings. The number of nitrogens with zero attached hydrogens (tertiary/aromatic N) is 2. The first kappa shape index (κ1) is 22.6. The van der Waals surface area contributed by atoms with Crippen LogP contribution in [0, 0.1) is 6.92 Å². The summed E-state index contributed by atoms with van der Waals surface area (Å²) in [6.07, 6.45) is 4.06. The highest BCUT2D eigenvalue weighted by Crippen LogP contribution is 2.27. The molecule has 1 amide bonds. The lowest BCUT2D eigenvalue weighted by molar-refractivity contribution is -0.118. The molecule has 2 heterocycles. The summed E-state index contributed by atoms with van der Waals surface area (Å²) in [5.74, 6) is -0.131. The number of rotatable bonds is 8. The Bertz CT molecular complexity index is 1220. The normalized spacial score (nSPS) is 11.7. The van der Waals surface area contributed by atoms with Crippen molar-refractivity contribution < 1.29 is 4.79 Å². The van der Waals surface area contributed by atoms with Gasteiger partial charge < -0.3 is 5.32 Å².